The summed E-state index contributed by atoms with van der Waals surface area (Å²) in [4.78, 5) is 37.3. The molecule has 9 heteroatoms. The van der Waals surface area contributed by atoms with Gasteiger partial charge in [-0.2, -0.15) is 0 Å². The van der Waals surface area contributed by atoms with Crippen LogP contribution < -0.4 is 5.32 Å². The first-order chi connectivity index (χ1) is 11.4. The molecule has 0 saturated heterocycles. The predicted molar refractivity (Wildman–Crippen MR) is 80.1 cm³/mol. The summed E-state index contributed by atoms with van der Waals surface area (Å²) in [7, 11) is 2.24. The van der Waals surface area contributed by atoms with Crippen molar-refractivity contribution in [3.8, 4) is 0 Å². The molecule has 2 amide bonds. The number of carbonyl (C=O) groups is 3. The lowest BCUT2D eigenvalue weighted by Gasteiger charge is -2.31. The van der Waals surface area contributed by atoms with Crippen LogP contribution in [0, 0.1) is 0 Å². The first kappa shape index (κ1) is 17.7. The van der Waals surface area contributed by atoms with Gasteiger partial charge in [-0.1, -0.05) is 6.08 Å². The molecule has 0 aromatic heterocycles. The number of hydrogen-bond acceptors (Lipinski definition) is 7. The van der Waals surface area contributed by atoms with Gasteiger partial charge in [0.2, 0.25) is 0 Å². The second-order valence-electron chi connectivity index (χ2n) is 5.02. The van der Waals surface area contributed by atoms with Crippen molar-refractivity contribution in [2.24, 2.45) is 0 Å². The Bertz CT molecular complexity index is 632. The van der Waals surface area contributed by atoms with Crippen LogP contribution in [0.25, 0.3) is 0 Å². The molecule has 2 N–H and O–H groups in total. The Labute approximate surface area is 138 Å². The number of hydrogen-bond donors (Lipinski definition) is 2. The van der Waals surface area contributed by atoms with Crippen molar-refractivity contribution >= 4 is 18.0 Å². The zero-order valence-corrected chi connectivity index (χ0v) is 13.4. The number of ether oxygens (including phenoxy) is 3. The van der Waals surface area contributed by atoms with Gasteiger partial charge in [0.25, 0.3) is 0 Å². The van der Waals surface area contributed by atoms with Crippen molar-refractivity contribution < 1.29 is 33.7 Å². The Balaban J connectivity index is 2.36. The Hall–Kier alpha value is -2.65. The van der Waals surface area contributed by atoms with E-state index in [4.69, 9.17) is 9.84 Å². The fourth-order valence-electron chi connectivity index (χ4n) is 2.29. The standard InChI is InChI=1S/C15H18N2O7/c1-8-6-17(10-5-4-9(7-18)24-10)15(21)16-12(8)11(13(19)22-2)14(20)23-3/h4-6,9-10,18H,7H2,1-3H3,(H,16,21)/t9-,10+/m0/s1. The highest BCUT2D eigenvalue weighted by Gasteiger charge is 2.34. The van der Waals surface area contributed by atoms with Gasteiger partial charge in [-0.25, -0.2) is 14.4 Å². The summed E-state index contributed by atoms with van der Waals surface area (Å²) in [6.07, 6.45) is 3.52. The number of methoxy groups -OCH3 is 2. The summed E-state index contributed by atoms with van der Waals surface area (Å²) in [5, 5.41) is 11.5. The number of allylic oxidation sites excluding steroid dienone is 1. The Kier molecular flexibility index (Phi) is 5.37. The molecule has 2 rings (SSSR count). The lowest BCUT2D eigenvalue weighted by Crippen LogP contribution is -2.47. The lowest BCUT2D eigenvalue weighted by molar-refractivity contribution is -0.144. The van der Waals surface area contributed by atoms with Crippen LogP contribution in [0.2, 0.25) is 0 Å². The monoisotopic (exact) mass is 338 g/mol. The third-order valence-corrected chi connectivity index (χ3v) is 3.48. The van der Waals surface area contributed by atoms with Gasteiger partial charge in [0.15, 0.2) is 11.8 Å². The molecule has 0 spiro atoms. The summed E-state index contributed by atoms with van der Waals surface area (Å²) in [6, 6.07) is -0.603. The van der Waals surface area contributed by atoms with Crippen molar-refractivity contribution in [1.82, 2.24) is 10.2 Å². The highest BCUT2D eigenvalue weighted by Crippen LogP contribution is 2.24. The number of rotatable bonds is 4. The van der Waals surface area contributed by atoms with Crippen molar-refractivity contribution in [2.75, 3.05) is 20.8 Å². The largest absolute Gasteiger partial charge is 0.465 e. The molecule has 0 aromatic carbocycles. The van der Waals surface area contributed by atoms with Crippen LogP contribution in [-0.4, -0.2) is 61.1 Å². The SMILES string of the molecule is COC(=O)C(C(=O)OC)=C1NC(=O)N([C@H]2C=C[C@@H](CO)O2)C=C1C. The normalized spacial score (nSPS) is 22.8. The van der Waals surface area contributed by atoms with Gasteiger partial charge in [-0.3, -0.25) is 4.90 Å². The zero-order chi connectivity index (χ0) is 17.9. The van der Waals surface area contributed by atoms with E-state index >= 15 is 0 Å². The number of aliphatic hydroxyl groups excluding tert-OH is 1. The first-order valence-corrected chi connectivity index (χ1v) is 7.06. The fraction of sp³-hybridized carbons (Fsp3) is 0.400. The van der Waals surface area contributed by atoms with E-state index in [1.54, 1.807) is 19.1 Å². The maximum absolute atomic E-state index is 12.3. The van der Waals surface area contributed by atoms with Crippen LogP contribution >= 0.6 is 0 Å². The molecule has 2 aliphatic rings. The molecule has 130 valence electrons. The summed E-state index contributed by atoms with van der Waals surface area (Å²) in [5.74, 6) is -1.84. The minimum Gasteiger partial charge on any atom is -0.465 e. The number of carbonyl (C=O) groups excluding carboxylic acids is 3. The van der Waals surface area contributed by atoms with Gasteiger partial charge in [0.1, 0.15) is 6.10 Å². The number of urea groups is 1. The van der Waals surface area contributed by atoms with Gasteiger partial charge in [0.05, 0.1) is 26.5 Å². The lowest BCUT2D eigenvalue weighted by atomic mass is 10.1. The number of aliphatic hydroxyl groups is 1. The van der Waals surface area contributed by atoms with E-state index in [0.29, 0.717) is 5.57 Å². The van der Waals surface area contributed by atoms with Gasteiger partial charge in [-0.15, -0.1) is 0 Å². The molecule has 0 fully saturated rings. The molecule has 0 bridgehead atoms. The van der Waals surface area contributed by atoms with Crippen LogP contribution in [-0.2, 0) is 23.8 Å². The minimum atomic E-state index is -0.921. The van der Waals surface area contributed by atoms with E-state index in [0.717, 1.165) is 14.2 Å². The fourth-order valence-corrected chi connectivity index (χ4v) is 2.29. The smallest absolute Gasteiger partial charge is 0.347 e. The molecule has 2 aliphatic heterocycles. The second kappa shape index (κ2) is 7.28. The highest BCUT2D eigenvalue weighted by atomic mass is 16.5. The Morgan fingerprint density at radius 1 is 1.29 bits per heavy atom. The van der Waals surface area contributed by atoms with E-state index in [2.05, 4.69) is 14.8 Å². The molecule has 0 saturated carbocycles. The van der Waals surface area contributed by atoms with Crippen LogP contribution in [0.4, 0.5) is 4.79 Å². The number of nitrogens with zero attached hydrogens (tertiary/aromatic N) is 1. The molecule has 0 aromatic rings. The summed E-state index contributed by atoms with van der Waals surface area (Å²) in [5.41, 5.74) is 0.0401. The molecule has 0 aliphatic carbocycles. The molecule has 0 radical (unpaired) electrons. The quantitative estimate of drug-likeness (QED) is 0.240. The topological polar surface area (TPSA) is 114 Å². The summed E-state index contributed by atoms with van der Waals surface area (Å²) >= 11 is 0. The number of esters is 2. The van der Waals surface area contributed by atoms with Crippen LogP contribution in [0.5, 0.6) is 0 Å². The summed E-state index contributed by atoms with van der Waals surface area (Å²) in [6.45, 7) is 1.40. The zero-order valence-electron chi connectivity index (χ0n) is 13.4. The summed E-state index contributed by atoms with van der Waals surface area (Å²) < 4.78 is 14.6. The van der Waals surface area contributed by atoms with Crippen molar-refractivity contribution in [1.29, 1.82) is 0 Å². The molecule has 24 heavy (non-hydrogen) atoms. The average molecular weight is 338 g/mol. The van der Waals surface area contributed by atoms with Crippen molar-refractivity contribution in [3.05, 3.63) is 35.2 Å². The van der Waals surface area contributed by atoms with E-state index in [1.807, 2.05) is 0 Å². The predicted octanol–water partition coefficient (Wildman–Crippen LogP) is -0.211. The Morgan fingerprint density at radius 3 is 2.42 bits per heavy atom. The van der Waals surface area contributed by atoms with Crippen LogP contribution in [0.15, 0.2) is 35.2 Å². The van der Waals surface area contributed by atoms with E-state index in [1.165, 1.54) is 11.1 Å². The van der Waals surface area contributed by atoms with Crippen LogP contribution in [0.3, 0.4) is 0 Å². The van der Waals surface area contributed by atoms with Crippen LogP contribution in [0.1, 0.15) is 6.92 Å². The van der Waals surface area contributed by atoms with Crippen molar-refractivity contribution in [3.63, 3.8) is 0 Å². The minimum absolute atomic E-state index is 0.00985. The second-order valence-corrected chi connectivity index (χ2v) is 5.02. The molecule has 0 unspecified atom stereocenters. The average Bonchev–Trinajstić information content (AvgIpc) is 3.06. The highest BCUT2D eigenvalue weighted by molar-refractivity contribution is 6.15. The first-order valence-electron chi connectivity index (χ1n) is 7.06. The third kappa shape index (κ3) is 3.31. The molecule has 9 nitrogen and oxygen atoms in total. The molecular formula is C15H18N2O7. The maximum Gasteiger partial charge on any atom is 0.347 e. The van der Waals surface area contributed by atoms with Gasteiger partial charge in [-0.05, 0) is 18.6 Å². The number of nitrogens with one attached hydrogen (secondary N) is 1. The third-order valence-electron chi connectivity index (χ3n) is 3.48. The maximum atomic E-state index is 12.3. The van der Waals surface area contributed by atoms with Gasteiger partial charge < -0.3 is 24.6 Å². The van der Waals surface area contributed by atoms with Gasteiger partial charge >= 0.3 is 18.0 Å². The molecule has 2 heterocycles. The molecule has 2 atom stereocenters. The van der Waals surface area contributed by atoms with E-state index in [-0.39, 0.29) is 12.3 Å². The van der Waals surface area contributed by atoms with Gasteiger partial charge in [0, 0.05) is 6.20 Å². The Morgan fingerprint density at radius 2 is 1.92 bits per heavy atom. The number of amides is 2. The molecular weight excluding hydrogens is 320 g/mol. The van der Waals surface area contributed by atoms with Crippen molar-refractivity contribution in [2.45, 2.75) is 19.3 Å². The van der Waals surface area contributed by atoms with E-state index in [9.17, 15) is 14.4 Å². The van der Waals surface area contributed by atoms with E-state index < -0.39 is 35.9 Å².